The fourth-order valence-corrected chi connectivity index (χ4v) is 3.36. The molecule has 2 rings (SSSR count). The standard InChI is InChI=1S/C17H23NO3/c1-10-7-11(2)15(12(3)8-10)16(19)18-6-5-14(17(20)21)9-13(18)4/h7-8,13-14H,5-6,9H2,1-4H3,(H,20,21). The summed E-state index contributed by atoms with van der Waals surface area (Å²) in [6.07, 6.45) is 1.07. The number of aliphatic carboxylic acids is 1. The van der Waals surface area contributed by atoms with Crippen LogP contribution in [0.4, 0.5) is 0 Å². The van der Waals surface area contributed by atoms with E-state index in [1.165, 1.54) is 0 Å². The molecule has 2 atom stereocenters. The summed E-state index contributed by atoms with van der Waals surface area (Å²) in [6, 6.07) is 4.01. The Morgan fingerprint density at radius 1 is 1.19 bits per heavy atom. The van der Waals surface area contributed by atoms with Gasteiger partial charge in [-0.3, -0.25) is 9.59 Å². The van der Waals surface area contributed by atoms with Crippen LogP contribution < -0.4 is 0 Å². The number of carboxylic acids is 1. The normalized spacial score (nSPS) is 22.2. The average Bonchev–Trinajstić information content (AvgIpc) is 2.36. The number of nitrogens with zero attached hydrogens (tertiary/aromatic N) is 1. The molecule has 1 N–H and O–H groups in total. The molecule has 0 aliphatic carbocycles. The van der Waals surface area contributed by atoms with Crippen molar-refractivity contribution < 1.29 is 14.7 Å². The van der Waals surface area contributed by atoms with E-state index in [0.717, 1.165) is 22.3 Å². The summed E-state index contributed by atoms with van der Waals surface area (Å²) < 4.78 is 0. The number of hydrogen-bond acceptors (Lipinski definition) is 2. The third-order valence-electron chi connectivity index (χ3n) is 4.38. The zero-order chi connectivity index (χ0) is 15.7. The minimum atomic E-state index is -0.753. The molecule has 0 spiro atoms. The Morgan fingerprint density at radius 3 is 2.24 bits per heavy atom. The quantitative estimate of drug-likeness (QED) is 0.910. The predicted molar refractivity (Wildman–Crippen MR) is 81.5 cm³/mol. The van der Waals surface area contributed by atoms with E-state index in [0.29, 0.717) is 19.4 Å². The molecule has 1 fully saturated rings. The number of carboxylic acid groups (broad SMARTS) is 1. The van der Waals surface area contributed by atoms with Crippen molar-refractivity contribution in [3.05, 3.63) is 34.4 Å². The van der Waals surface area contributed by atoms with Gasteiger partial charge in [-0.05, 0) is 51.7 Å². The molecule has 1 aromatic rings. The lowest BCUT2D eigenvalue weighted by Crippen LogP contribution is -2.46. The zero-order valence-corrected chi connectivity index (χ0v) is 13.1. The van der Waals surface area contributed by atoms with Crippen molar-refractivity contribution in [2.45, 2.75) is 46.6 Å². The highest BCUT2D eigenvalue weighted by Crippen LogP contribution is 2.26. The molecular formula is C17H23NO3. The van der Waals surface area contributed by atoms with E-state index in [-0.39, 0.29) is 17.9 Å². The first-order chi connectivity index (χ1) is 9.81. The Labute approximate surface area is 125 Å². The number of rotatable bonds is 2. The van der Waals surface area contributed by atoms with Crippen LogP contribution in [0.25, 0.3) is 0 Å². The summed E-state index contributed by atoms with van der Waals surface area (Å²) in [5, 5.41) is 9.11. The predicted octanol–water partition coefficient (Wildman–Crippen LogP) is 2.94. The summed E-state index contributed by atoms with van der Waals surface area (Å²) >= 11 is 0. The van der Waals surface area contributed by atoms with E-state index >= 15 is 0 Å². The van der Waals surface area contributed by atoms with Crippen molar-refractivity contribution in [2.75, 3.05) is 6.54 Å². The lowest BCUT2D eigenvalue weighted by molar-refractivity contribution is -0.143. The molecule has 2 unspecified atom stereocenters. The molecular weight excluding hydrogens is 266 g/mol. The molecule has 1 amide bonds. The van der Waals surface area contributed by atoms with E-state index < -0.39 is 5.97 Å². The Bertz CT molecular complexity index is 556. The SMILES string of the molecule is Cc1cc(C)c(C(=O)N2CCC(C(=O)O)CC2C)c(C)c1. The summed E-state index contributed by atoms with van der Waals surface area (Å²) in [5.41, 5.74) is 3.90. The second-order valence-electron chi connectivity index (χ2n) is 6.18. The summed E-state index contributed by atoms with van der Waals surface area (Å²) in [7, 11) is 0. The van der Waals surface area contributed by atoms with Crippen LogP contribution >= 0.6 is 0 Å². The Morgan fingerprint density at radius 2 is 1.76 bits per heavy atom. The molecule has 1 aliphatic heterocycles. The number of aryl methyl sites for hydroxylation is 3. The van der Waals surface area contributed by atoms with Gasteiger partial charge in [0.2, 0.25) is 0 Å². The highest BCUT2D eigenvalue weighted by atomic mass is 16.4. The molecule has 1 heterocycles. The molecule has 0 bridgehead atoms. The maximum Gasteiger partial charge on any atom is 0.306 e. The van der Waals surface area contributed by atoms with Gasteiger partial charge >= 0.3 is 5.97 Å². The van der Waals surface area contributed by atoms with Crippen LogP contribution in [0.3, 0.4) is 0 Å². The van der Waals surface area contributed by atoms with Gasteiger partial charge in [0.15, 0.2) is 0 Å². The zero-order valence-electron chi connectivity index (χ0n) is 13.1. The fraction of sp³-hybridized carbons (Fsp3) is 0.529. The Hall–Kier alpha value is -1.84. The molecule has 0 radical (unpaired) electrons. The minimum absolute atomic E-state index is 0.0290. The lowest BCUT2D eigenvalue weighted by atomic mass is 9.90. The smallest absolute Gasteiger partial charge is 0.306 e. The van der Waals surface area contributed by atoms with Crippen LogP contribution in [0.2, 0.25) is 0 Å². The second-order valence-corrected chi connectivity index (χ2v) is 6.18. The summed E-state index contributed by atoms with van der Waals surface area (Å²) in [5.74, 6) is -1.05. The number of benzene rings is 1. The Balaban J connectivity index is 2.24. The van der Waals surface area contributed by atoms with Gasteiger partial charge in [0.05, 0.1) is 5.92 Å². The lowest BCUT2D eigenvalue weighted by Gasteiger charge is -2.37. The third kappa shape index (κ3) is 3.09. The van der Waals surface area contributed by atoms with Crippen molar-refractivity contribution in [1.29, 1.82) is 0 Å². The summed E-state index contributed by atoms with van der Waals surface area (Å²) in [6.45, 7) is 8.40. The van der Waals surface area contributed by atoms with E-state index in [1.54, 1.807) is 0 Å². The largest absolute Gasteiger partial charge is 0.481 e. The first-order valence-electron chi connectivity index (χ1n) is 7.43. The van der Waals surface area contributed by atoms with Crippen LogP contribution in [0, 0.1) is 26.7 Å². The van der Waals surface area contributed by atoms with Crippen LogP contribution in [0.1, 0.15) is 46.8 Å². The number of hydrogen-bond donors (Lipinski definition) is 1. The van der Waals surface area contributed by atoms with E-state index in [4.69, 9.17) is 5.11 Å². The first kappa shape index (κ1) is 15.5. The van der Waals surface area contributed by atoms with E-state index in [9.17, 15) is 9.59 Å². The third-order valence-corrected chi connectivity index (χ3v) is 4.38. The number of carbonyl (C=O) groups is 2. The first-order valence-corrected chi connectivity index (χ1v) is 7.43. The van der Waals surface area contributed by atoms with Crippen molar-refractivity contribution in [3.63, 3.8) is 0 Å². The van der Waals surface area contributed by atoms with E-state index in [2.05, 4.69) is 0 Å². The second kappa shape index (κ2) is 5.88. The van der Waals surface area contributed by atoms with Crippen molar-refractivity contribution in [1.82, 2.24) is 4.90 Å². The van der Waals surface area contributed by atoms with Gasteiger partial charge in [0.1, 0.15) is 0 Å². The molecule has 4 nitrogen and oxygen atoms in total. The molecule has 1 saturated heterocycles. The number of piperidine rings is 1. The molecule has 114 valence electrons. The van der Waals surface area contributed by atoms with Crippen LogP contribution in [-0.4, -0.2) is 34.5 Å². The van der Waals surface area contributed by atoms with Gasteiger partial charge < -0.3 is 10.0 Å². The van der Waals surface area contributed by atoms with E-state index in [1.807, 2.05) is 44.7 Å². The average molecular weight is 289 g/mol. The molecule has 21 heavy (non-hydrogen) atoms. The van der Waals surface area contributed by atoms with Crippen molar-refractivity contribution in [2.24, 2.45) is 5.92 Å². The molecule has 4 heteroatoms. The Kier molecular flexibility index (Phi) is 4.35. The van der Waals surface area contributed by atoms with Crippen molar-refractivity contribution >= 4 is 11.9 Å². The molecule has 1 aliphatic rings. The van der Waals surface area contributed by atoms with Crippen LogP contribution in [0.15, 0.2) is 12.1 Å². The van der Waals surface area contributed by atoms with Crippen LogP contribution in [0.5, 0.6) is 0 Å². The summed E-state index contributed by atoms with van der Waals surface area (Å²) in [4.78, 5) is 25.7. The van der Waals surface area contributed by atoms with Gasteiger partial charge in [-0.1, -0.05) is 17.7 Å². The van der Waals surface area contributed by atoms with Gasteiger partial charge in [0, 0.05) is 18.2 Å². The number of carbonyl (C=O) groups excluding carboxylic acids is 1. The maximum absolute atomic E-state index is 12.8. The van der Waals surface area contributed by atoms with Gasteiger partial charge in [-0.15, -0.1) is 0 Å². The molecule has 0 aromatic heterocycles. The molecule has 1 aromatic carbocycles. The number of likely N-dealkylation sites (tertiary alicyclic amines) is 1. The maximum atomic E-state index is 12.8. The topological polar surface area (TPSA) is 57.6 Å². The van der Waals surface area contributed by atoms with Gasteiger partial charge in [0.25, 0.3) is 5.91 Å². The van der Waals surface area contributed by atoms with Gasteiger partial charge in [-0.25, -0.2) is 0 Å². The minimum Gasteiger partial charge on any atom is -0.481 e. The highest BCUT2D eigenvalue weighted by Gasteiger charge is 2.33. The fourth-order valence-electron chi connectivity index (χ4n) is 3.36. The molecule has 0 saturated carbocycles. The van der Waals surface area contributed by atoms with Gasteiger partial charge in [-0.2, -0.15) is 0 Å². The van der Waals surface area contributed by atoms with Crippen molar-refractivity contribution in [3.8, 4) is 0 Å². The monoisotopic (exact) mass is 289 g/mol. The van der Waals surface area contributed by atoms with Crippen LogP contribution in [-0.2, 0) is 4.79 Å². The highest BCUT2D eigenvalue weighted by molar-refractivity contribution is 5.97. The number of amides is 1.